The Balaban J connectivity index is 2.07. The van der Waals surface area contributed by atoms with Gasteiger partial charge in [-0.05, 0) is 49.5 Å². The summed E-state index contributed by atoms with van der Waals surface area (Å²) in [5, 5.41) is 9.82. The first-order chi connectivity index (χ1) is 9.05. The molecule has 1 heterocycles. The Kier molecular flexibility index (Phi) is 4.58. The lowest BCUT2D eigenvalue weighted by Crippen LogP contribution is -2.45. The molecule has 0 radical (unpaired) electrons. The first-order valence-corrected chi connectivity index (χ1v) is 7.15. The zero-order chi connectivity index (χ0) is 13.9. The quantitative estimate of drug-likeness (QED) is 0.905. The molecule has 1 aromatic rings. The zero-order valence-corrected chi connectivity index (χ0v) is 11.9. The summed E-state index contributed by atoms with van der Waals surface area (Å²) in [6.07, 6.45) is 1.89. The summed E-state index contributed by atoms with van der Waals surface area (Å²) >= 11 is 0. The number of hydrogen-bond acceptors (Lipinski definition) is 2. The third-order valence-electron chi connectivity index (χ3n) is 4.20. The topological polar surface area (TPSA) is 23.5 Å². The molecule has 0 spiro atoms. The van der Waals surface area contributed by atoms with E-state index in [0.29, 0.717) is 5.92 Å². The summed E-state index contributed by atoms with van der Waals surface area (Å²) < 4.78 is 13.0. The van der Waals surface area contributed by atoms with Crippen LogP contribution in [0.5, 0.6) is 0 Å². The SMILES string of the molecule is CC(C)CN1CCC(CO)(c2ccc(F)cc2)CC1. The maximum atomic E-state index is 13.0. The van der Waals surface area contributed by atoms with Gasteiger partial charge < -0.3 is 10.0 Å². The van der Waals surface area contributed by atoms with Gasteiger partial charge in [0.05, 0.1) is 6.61 Å². The molecule has 2 rings (SSSR count). The second-order valence-electron chi connectivity index (χ2n) is 6.14. The predicted molar refractivity (Wildman–Crippen MR) is 75.7 cm³/mol. The van der Waals surface area contributed by atoms with Gasteiger partial charge in [-0.3, -0.25) is 0 Å². The van der Waals surface area contributed by atoms with Crippen LogP contribution in [0.15, 0.2) is 24.3 Å². The lowest BCUT2D eigenvalue weighted by atomic mass is 9.73. The van der Waals surface area contributed by atoms with E-state index in [2.05, 4.69) is 18.7 Å². The molecule has 1 saturated heterocycles. The third-order valence-corrected chi connectivity index (χ3v) is 4.20. The Hall–Kier alpha value is -0.930. The molecule has 0 bridgehead atoms. The molecule has 1 aliphatic heterocycles. The summed E-state index contributed by atoms with van der Waals surface area (Å²) in [5.41, 5.74) is 0.891. The van der Waals surface area contributed by atoms with E-state index < -0.39 is 0 Å². The molecule has 1 aromatic carbocycles. The van der Waals surface area contributed by atoms with Gasteiger partial charge in [-0.15, -0.1) is 0 Å². The molecule has 106 valence electrons. The van der Waals surface area contributed by atoms with Gasteiger partial charge in [0.2, 0.25) is 0 Å². The van der Waals surface area contributed by atoms with Crippen LogP contribution in [0.1, 0.15) is 32.3 Å². The van der Waals surface area contributed by atoms with Gasteiger partial charge in [-0.2, -0.15) is 0 Å². The van der Waals surface area contributed by atoms with Crippen LogP contribution in [-0.2, 0) is 5.41 Å². The average Bonchev–Trinajstić information content (AvgIpc) is 2.40. The maximum Gasteiger partial charge on any atom is 0.123 e. The Morgan fingerprint density at radius 2 is 1.79 bits per heavy atom. The van der Waals surface area contributed by atoms with Crippen molar-refractivity contribution in [3.8, 4) is 0 Å². The number of likely N-dealkylation sites (tertiary alicyclic amines) is 1. The van der Waals surface area contributed by atoms with Crippen LogP contribution in [-0.4, -0.2) is 36.2 Å². The van der Waals surface area contributed by atoms with Gasteiger partial charge in [-0.1, -0.05) is 26.0 Å². The molecular formula is C16H24FNO. The number of hydrogen-bond donors (Lipinski definition) is 1. The van der Waals surface area contributed by atoms with Crippen LogP contribution in [0.2, 0.25) is 0 Å². The first kappa shape index (κ1) is 14.5. The summed E-state index contributed by atoms with van der Waals surface area (Å²) in [5.74, 6) is 0.460. The van der Waals surface area contributed by atoms with Crippen LogP contribution in [0.4, 0.5) is 4.39 Å². The Labute approximate surface area is 115 Å². The normalized spacial score (nSPS) is 19.8. The van der Waals surface area contributed by atoms with Gasteiger partial charge in [0.25, 0.3) is 0 Å². The Morgan fingerprint density at radius 3 is 2.26 bits per heavy atom. The minimum atomic E-state index is -0.214. The van der Waals surface area contributed by atoms with Crippen molar-refractivity contribution in [1.29, 1.82) is 0 Å². The molecule has 0 amide bonds. The van der Waals surface area contributed by atoms with Crippen molar-refractivity contribution in [2.75, 3.05) is 26.2 Å². The van der Waals surface area contributed by atoms with Crippen LogP contribution in [0, 0.1) is 11.7 Å². The fraction of sp³-hybridized carbons (Fsp3) is 0.625. The van der Waals surface area contributed by atoms with Crippen molar-refractivity contribution in [2.45, 2.75) is 32.1 Å². The lowest BCUT2D eigenvalue weighted by Gasteiger charge is -2.41. The molecule has 0 unspecified atom stereocenters. The predicted octanol–water partition coefficient (Wildman–Crippen LogP) is 2.81. The van der Waals surface area contributed by atoms with Crippen molar-refractivity contribution in [1.82, 2.24) is 4.90 Å². The van der Waals surface area contributed by atoms with Gasteiger partial charge >= 0.3 is 0 Å². The van der Waals surface area contributed by atoms with E-state index in [0.717, 1.165) is 38.0 Å². The van der Waals surface area contributed by atoms with Crippen molar-refractivity contribution in [3.05, 3.63) is 35.6 Å². The van der Waals surface area contributed by atoms with E-state index >= 15 is 0 Å². The Morgan fingerprint density at radius 1 is 1.21 bits per heavy atom. The Bertz CT molecular complexity index is 394. The fourth-order valence-corrected chi connectivity index (χ4v) is 3.02. The molecule has 1 N–H and O–H groups in total. The first-order valence-electron chi connectivity index (χ1n) is 7.15. The van der Waals surface area contributed by atoms with E-state index in [9.17, 15) is 9.50 Å². The number of aliphatic hydroxyl groups excluding tert-OH is 1. The highest BCUT2D eigenvalue weighted by atomic mass is 19.1. The molecular weight excluding hydrogens is 241 g/mol. The number of benzene rings is 1. The van der Waals surface area contributed by atoms with Gasteiger partial charge in [0.1, 0.15) is 5.82 Å². The van der Waals surface area contributed by atoms with E-state index in [-0.39, 0.29) is 17.8 Å². The van der Waals surface area contributed by atoms with Crippen molar-refractivity contribution < 1.29 is 9.50 Å². The van der Waals surface area contributed by atoms with Gasteiger partial charge in [0.15, 0.2) is 0 Å². The highest BCUT2D eigenvalue weighted by molar-refractivity contribution is 5.27. The molecule has 2 nitrogen and oxygen atoms in total. The van der Waals surface area contributed by atoms with E-state index in [1.165, 1.54) is 12.1 Å². The summed E-state index contributed by atoms with van der Waals surface area (Å²) in [4.78, 5) is 2.46. The van der Waals surface area contributed by atoms with Crippen LogP contribution >= 0.6 is 0 Å². The minimum absolute atomic E-state index is 0.147. The maximum absolute atomic E-state index is 13.0. The van der Waals surface area contributed by atoms with Gasteiger partial charge in [-0.25, -0.2) is 4.39 Å². The van der Waals surface area contributed by atoms with E-state index in [1.54, 1.807) is 0 Å². The minimum Gasteiger partial charge on any atom is -0.395 e. The second-order valence-corrected chi connectivity index (χ2v) is 6.14. The average molecular weight is 265 g/mol. The third kappa shape index (κ3) is 3.34. The molecule has 0 aliphatic carbocycles. The van der Waals surface area contributed by atoms with Crippen molar-refractivity contribution in [2.24, 2.45) is 5.92 Å². The van der Waals surface area contributed by atoms with Gasteiger partial charge in [0, 0.05) is 12.0 Å². The molecule has 3 heteroatoms. The number of nitrogens with zero attached hydrogens (tertiary/aromatic N) is 1. The molecule has 1 aliphatic rings. The number of rotatable bonds is 4. The van der Waals surface area contributed by atoms with Crippen LogP contribution in [0.25, 0.3) is 0 Å². The second kappa shape index (κ2) is 6.02. The number of halogens is 1. The monoisotopic (exact) mass is 265 g/mol. The molecule has 0 atom stereocenters. The lowest BCUT2D eigenvalue weighted by molar-refractivity contribution is 0.0947. The standard InChI is InChI=1S/C16H24FNO/c1-13(2)11-18-9-7-16(12-19,8-10-18)14-3-5-15(17)6-4-14/h3-6,13,19H,7-12H2,1-2H3. The van der Waals surface area contributed by atoms with E-state index in [4.69, 9.17) is 0 Å². The molecule has 0 aromatic heterocycles. The summed E-state index contributed by atoms with van der Waals surface area (Å²) in [7, 11) is 0. The highest BCUT2D eigenvalue weighted by Gasteiger charge is 2.35. The zero-order valence-electron chi connectivity index (χ0n) is 11.9. The van der Waals surface area contributed by atoms with Crippen LogP contribution < -0.4 is 0 Å². The largest absolute Gasteiger partial charge is 0.395 e. The number of piperidine rings is 1. The van der Waals surface area contributed by atoms with E-state index in [1.807, 2.05) is 12.1 Å². The van der Waals surface area contributed by atoms with Crippen LogP contribution in [0.3, 0.4) is 0 Å². The fourth-order valence-electron chi connectivity index (χ4n) is 3.02. The molecule has 19 heavy (non-hydrogen) atoms. The van der Waals surface area contributed by atoms with Crippen molar-refractivity contribution in [3.63, 3.8) is 0 Å². The molecule has 0 saturated carbocycles. The number of aliphatic hydroxyl groups is 1. The molecule has 1 fully saturated rings. The smallest absolute Gasteiger partial charge is 0.123 e. The van der Waals surface area contributed by atoms with Crippen molar-refractivity contribution >= 4 is 0 Å². The summed E-state index contributed by atoms with van der Waals surface area (Å²) in [6, 6.07) is 6.63. The highest BCUT2D eigenvalue weighted by Crippen LogP contribution is 2.35. The summed E-state index contributed by atoms with van der Waals surface area (Å²) in [6.45, 7) is 7.74.